The van der Waals surface area contributed by atoms with E-state index in [4.69, 9.17) is 25.8 Å². The van der Waals surface area contributed by atoms with Crippen LogP contribution in [0.15, 0.2) is 71.6 Å². The van der Waals surface area contributed by atoms with Crippen LogP contribution in [0.1, 0.15) is 5.56 Å². The predicted octanol–water partition coefficient (Wildman–Crippen LogP) is 3.61. The number of benzene rings is 3. The molecule has 0 aliphatic carbocycles. The van der Waals surface area contributed by atoms with Crippen LogP contribution in [0.5, 0.6) is 17.2 Å². The number of halogens is 1. The van der Waals surface area contributed by atoms with E-state index >= 15 is 0 Å². The number of fused-ring (bicyclic) bond motifs is 1. The minimum atomic E-state index is -4.07. The topological polar surface area (TPSA) is 103 Å². The van der Waals surface area contributed by atoms with Crippen LogP contribution >= 0.6 is 11.6 Å². The second kappa shape index (κ2) is 9.70. The molecular weight excluding hydrogens is 468 g/mol. The van der Waals surface area contributed by atoms with Crippen molar-refractivity contribution < 1.29 is 27.4 Å². The van der Waals surface area contributed by atoms with Crippen LogP contribution in [0.2, 0.25) is 5.02 Å². The van der Waals surface area contributed by atoms with Gasteiger partial charge in [0.05, 0.1) is 17.0 Å². The van der Waals surface area contributed by atoms with Crippen molar-refractivity contribution in [2.24, 2.45) is 0 Å². The van der Waals surface area contributed by atoms with Crippen LogP contribution in [0.4, 0.5) is 5.69 Å². The monoisotopic (exact) mass is 488 g/mol. The molecule has 33 heavy (non-hydrogen) atoms. The molecule has 0 aromatic heterocycles. The second-order valence-electron chi connectivity index (χ2n) is 7.22. The van der Waals surface area contributed by atoms with Crippen LogP contribution in [0.25, 0.3) is 0 Å². The number of sulfonamides is 1. The smallest absolute Gasteiger partial charge is 0.242 e. The van der Waals surface area contributed by atoms with Gasteiger partial charge in [0.15, 0.2) is 11.5 Å². The number of hydrogen-bond acceptors (Lipinski definition) is 6. The molecule has 3 aromatic carbocycles. The molecule has 0 fully saturated rings. The molecule has 0 radical (unpaired) electrons. The number of amides is 1. The molecule has 3 aromatic rings. The number of carbonyl (C=O) groups excluding carboxylic acids is 1. The lowest BCUT2D eigenvalue weighted by Crippen LogP contribution is -2.45. The highest BCUT2D eigenvalue weighted by atomic mass is 35.5. The van der Waals surface area contributed by atoms with Crippen molar-refractivity contribution >= 4 is 33.2 Å². The Kier molecular flexibility index (Phi) is 6.73. The van der Waals surface area contributed by atoms with Crippen molar-refractivity contribution in [3.8, 4) is 17.2 Å². The standard InChI is InChI=1S/C23H21ClN2O6S/c1-30-20-10-8-17(13-18(20)24)33(28,29)26-19(11-15-5-3-2-4-6-15)23(27)25-16-7-9-21-22(12-16)32-14-31-21/h2-10,12-13,19,26H,11,14H2,1H3,(H,25,27)/t19-/m0/s1. The molecule has 2 N–H and O–H groups in total. The van der Waals surface area contributed by atoms with Gasteiger partial charge < -0.3 is 19.5 Å². The van der Waals surface area contributed by atoms with E-state index in [1.54, 1.807) is 18.2 Å². The summed E-state index contributed by atoms with van der Waals surface area (Å²) in [7, 11) is -2.63. The minimum absolute atomic E-state index is 0.0813. The molecule has 0 saturated heterocycles. The van der Waals surface area contributed by atoms with Gasteiger partial charge >= 0.3 is 0 Å². The zero-order chi connectivity index (χ0) is 23.4. The SMILES string of the molecule is COc1ccc(S(=O)(=O)N[C@@H](Cc2ccccc2)C(=O)Nc2ccc3c(c2)OCO3)cc1Cl. The van der Waals surface area contributed by atoms with E-state index in [1.807, 2.05) is 30.3 Å². The van der Waals surface area contributed by atoms with E-state index in [-0.39, 0.29) is 23.1 Å². The predicted molar refractivity (Wildman–Crippen MR) is 123 cm³/mol. The highest BCUT2D eigenvalue weighted by molar-refractivity contribution is 7.89. The third-order valence-electron chi connectivity index (χ3n) is 4.97. The van der Waals surface area contributed by atoms with Gasteiger partial charge in [0.25, 0.3) is 0 Å². The van der Waals surface area contributed by atoms with Gasteiger partial charge in [-0.15, -0.1) is 0 Å². The molecule has 10 heteroatoms. The van der Waals surface area contributed by atoms with E-state index in [0.717, 1.165) is 5.56 Å². The maximum Gasteiger partial charge on any atom is 0.242 e. The minimum Gasteiger partial charge on any atom is -0.495 e. The number of methoxy groups -OCH3 is 1. The molecule has 1 aliphatic rings. The average Bonchev–Trinajstić information content (AvgIpc) is 3.27. The first-order chi connectivity index (χ1) is 15.9. The lowest BCUT2D eigenvalue weighted by molar-refractivity contribution is -0.117. The first-order valence-corrected chi connectivity index (χ1v) is 11.8. The molecule has 8 nitrogen and oxygen atoms in total. The molecule has 1 amide bonds. The third-order valence-corrected chi connectivity index (χ3v) is 6.73. The van der Waals surface area contributed by atoms with Gasteiger partial charge in [-0.1, -0.05) is 41.9 Å². The number of rotatable bonds is 8. The Bertz CT molecular complexity index is 1270. The van der Waals surface area contributed by atoms with Crippen molar-refractivity contribution in [1.82, 2.24) is 4.72 Å². The molecule has 172 valence electrons. The van der Waals surface area contributed by atoms with E-state index in [2.05, 4.69) is 10.0 Å². The van der Waals surface area contributed by atoms with Gasteiger partial charge in [0.2, 0.25) is 22.7 Å². The zero-order valence-electron chi connectivity index (χ0n) is 17.6. The fourth-order valence-electron chi connectivity index (χ4n) is 3.31. The summed E-state index contributed by atoms with van der Waals surface area (Å²) >= 11 is 6.10. The Morgan fingerprint density at radius 3 is 2.55 bits per heavy atom. The summed E-state index contributed by atoms with van der Waals surface area (Å²) in [5.74, 6) is 0.893. The highest BCUT2D eigenvalue weighted by Gasteiger charge is 2.27. The molecule has 0 bridgehead atoms. The van der Waals surface area contributed by atoms with Crippen LogP contribution in [0, 0.1) is 0 Å². The van der Waals surface area contributed by atoms with E-state index in [9.17, 15) is 13.2 Å². The molecule has 1 aliphatic heterocycles. The molecule has 1 atom stereocenters. The summed E-state index contributed by atoms with van der Waals surface area (Å²) in [4.78, 5) is 13.1. The van der Waals surface area contributed by atoms with Gasteiger partial charge in [-0.2, -0.15) is 4.72 Å². The molecule has 4 rings (SSSR count). The Labute approximate surface area is 196 Å². The maximum atomic E-state index is 13.1. The highest BCUT2D eigenvalue weighted by Crippen LogP contribution is 2.34. The lowest BCUT2D eigenvalue weighted by atomic mass is 10.1. The Morgan fingerprint density at radius 1 is 1.06 bits per heavy atom. The van der Waals surface area contributed by atoms with Crippen LogP contribution in [-0.4, -0.2) is 34.3 Å². The average molecular weight is 489 g/mol. The van der Waals surface area contributed by atoms with Crippen LogP contribution in [-0.2, 0) is 21.2 Å². The third kappa shape index (κ3) is 5.39. The van der Waals surface area contributed by atoms with E-state index in [1.165, 1.54) is 25.3 Å². The fraction of sp³-hybridized carbons (Fsp3) is 0.174. The van der Waals surface area contributed by atoms with Crippen molar-refractivity contribution in [3.63, 3.8) is 0 Å². The summed E-state index contributed by atoms with van der Waals surface area (Å²) in [6.45, 7) is 0.105. The van der Waals surface area contributed by atoms with Crippen LogP contribution in [0.3, 0.4) is 0 Å². The molecule has 1 heterocycles. The van der Waals surface area contributed by atoms with Gasteiger partial charge in [-0.3, -0.25) is 4.79 Å². The lowest BCUT2D eigenvalue weighted by Gasteiger charge is -2.19. The summed E-state index contributed by atoms with van der Waals surface area (Å²) in [5.41, 5.74) is 1.24. The summed E-state index contributed by atoms with van der Waals surface area (Å²) < 4.78 is 44.3. The second-order valence-corrected chi connectivity index (χ2v) is 9.34. The number of nitrogens with one attached hydrogen (secondary N) is 2. The van der Waals surface area contributed by atoms with Crippen molar-refractivity contribution in [1.29, 1.82) is 0 Å². The molecule has 0 unspecified atom stereocenters. The summed E-state index contributed by atoms with van der Waals surface area (Å²) in [6.07, 6.45) is 0.139. The Balaban J connectivity index is 1.58. The van der Waals surface area contributed by atoms with Crippen LogP contribution < -0.4 is 24.2 Å². The molecule has 0 spiro atoms. The maximum absolute atomic E-state index is 13.1. The largest absolute Gasteiger partial charge is 0.495 e. The van der Waals surface area contributed by atoms with E-state index in [0.29, 0.717) is 22.9 Å². The van der Waals surface area contributed by atoms with Crippen molar-refractivity contribution in [3.05, 3.63) is 77.3 Å². The summed E-state index contributed by atoms with van der Waals surface area (Å²) in [6, 6.07) is 17.1. The van der Waals surface area contributed by atoms with Gasteiger partial charge in [0.1, 0.15) is 11.8 Å². The van der Waals surface area contributed by atoms with Gasteiger partial charge in [0, 0.05) is 11.8 Å². The quantitative estimate of drug-likeness (QED) is 0.502. The Morgan fingerprint density at radius 2 is 1.82 bits per heavy atom. The van der Waals surface area contributed by atoms with Crippen molar-refractivity contribution in [2.75, 3.05) is 19.2 Å². The van der Waals surface area contributed by atoms with Gasteiger partial charge in [-0.25, -0.2) is 8.42 Å². The number of hydrogen-bond donors (Lipinski definition) is 2. The molecular formula is C23H21ClN2O6S. The number of carbonyl (C=O) groups is 1. The number of ether oxygens (including phenoxy) is 3. The summed E-state index contributed by atoms with van der Waals surface area (Å²) in [5, 5.41) is 2.89. The number of anilines is 1. The first kappa shape index (κ1) is 22.9. The molecule has 0 saturated carbocycles. The van der Waals surface area contributed by atoms with Gasteiger partial charge in [-0.05, 0) is 42.3 Å². The van der Waals surface area contributed by atoms with E-state index < -0.39 is 22.0 Å². The normalized spacial score (nSPS) is 13.4. The zero-order valence-corrected chi connectivity index (χ0v) is 19.2. The first-order valence-electron chi connectivity index (χ1n) is 9.96. The van der Waals surface area contributed by atoms with Crippen molar-refractivity contribution in [2.45, 2.75) is 17.4 Å². The fourth-order valence-corrected chi connectivity index (χ4v) is 4.85. The Hall–Kier alpha value is -3.27.